The summed E-state index contributed by atoms with van der Waals surface area (Å²) in [6.07, 6.45) is 0. The first kappa shape index (κ1) is 19.3. The molecule has 4 rings (SSSR count). The molecule has 1 aliphatic rings. The Labute approximate surface area is 171 Å². The van der Waals surface area contributed by atoms with Gasteiger partial charge in [0.2, 0.25) is 0 Å². The van der Waals surface area contributed by atoms with Gasteiger partial charge in [0, 0.05) is 49.7 Å². The second-order valence-electron chi connectivity index (χ2n) is 7.38. The van der Waals surface area contributed by atoms with Crippen molar-refractivity contribution in [3.8, 4) is 11.5 Å². The number of hydrogen-bond acceptors (Lipinski definition) is 4. The summed E-state index contributed by atoms with van der Waals surface area (Å²) < 4.78 is 11.0. The summed E-state index contributed by atoms with van der Waals surface area (Å²) >= 11 is 0. The maximum atomic E-state index is 12.9. The number of nitrogens with one attached hydrogen (secondary N) is 1. The molecule has 0 aliphatic carbocycles. The van der Waals surface area contributed by atoms with Crippen molar-refractivity contribution in [2.45, 2.75) is 6.92 Å². The van der Waals surface area contributed by atoms with Crippen molar-refractivity contribution in [1.29, 1.82) is 0 Å². The number of amides is 1. The summed E-state index contributed by atoms with van der Waals surface area (Å²) in [5.74, 6) is 1.68. The van der Waals surface area contributed by atoms with Crippen molar-refractivity contribution < 1.29 is 14.3 Å². The Morgan fingerprint density at radius 3 is 2.55 bits per heavy atom. The fourth-order valence-corrected chi connectivity index (χ4v) is 3.75. The molecular formula is C23H27N3O3. The number of aryl methyl sites for hydroxylation is 1. The van der Waals surface area contributed by atoms with E-state index >= 15 is 0 Å². The average molecular weight is 393 g/mol. The van der Waals surface area contributed by atoms with Crippen LogP contribution in [0, 0.1) is 6.92 Å². The van der Waals surface area contributed by atoms with E-state index in [4.69, 9.17) is 9.47 Å². The van der Waals surface area contributed by atoms with Gasteiger partial charge < -0.3 is 19.4 Å². The van der Waals surface area contributed by atoms with Crippen molar-refractivity contribution in [2.75, 3.05) is 46.4 Å². The normalized spacial score (nSPS) is 14.9. The zero-order valence-electron chi connectivity index (χ0n) is 17.0. The van der Waals surface area contributed by atoms with Crippen molar-refractivity contribution in [3.05, 3.63) is 59.8 Å². The fourth-order valence-electron chi connectivity index (χ4n) is 3.75. The van der Waals surface area contributed by atoms with Gasteiger partial charge in [0.25, 0.3) is 5.91 Å². The molecule has 1 fully saturated rings. The van der Waals surface area contributed by atoms with Gasteiger partial charge in [-0.2, -0.15) is 0 Å². The van der Waals surface area contributed by atoms with Gasteiger partial charge in [0.1, 0.15) is 23.8 Å². The standard InChI is InChI=1S/C23H27N3O3/c1-17-5-3-8-21-20(17)16-22(24-21)23(27)26-11-9-25(10-12-26)13-14-29-19-7-4-6-18(15-19)28-2/h3-8,15-16,24H,9-14H2,1-2H3. The van der Waals surface area contributed by atoms with Crippen molar-refractivity contribution in [2.24, 2.45) is 0 Å². The molecule has 1 aliphatic heterocycles. The molecule has 0 saturated carbocycles. The van der Waals surface area contributed by atoms with E-state index in [0.29, 0.717) is 12.3 Å². The number of carbonyl (C=O) groups is 1. The lowest BCUT2D eigenvalue weighted by molar-refractivity contribution is 0.0615. The largest absolute Gasteiger partial charge is 0.497 e. The highest BCUT2D eigenvalue weighted by atomic mass is 16.5. The molecule has 2 aromatic carbocycles. The molecular weight excluding hydrogens is 366 g/mol. The van der Waals surface area contributed by atoms with E-state index in [1.165, 1.54) is 5.56 Å². The van der Waals surface area contributed by atoms with Gasteiger partial charge in [-0.15, -0.1) is 0 Å². The average Bonchev–Trinajstić information content (AvgIpc) is 3.20. The molecule has 6 heteroatoms. The molecule has 0 radical (unpaired) electrons. The Morgan fingerprint density at radius 2 is 1.79 bits per heavy atom. The van der Waals surface area contributed by atoms with E-state index in [9.17, 15) is 4.79 Å². The molecule has 0 spiro atoms. The summed E-state index contributed by atoms with van der Waals surface area (Å²) in [5.41, 5.74) is 2.87. The highest BCUT2D eigenvalue weighted by molar-refractivity contribution is 5.98. The number of carbonyl (C=O) groups excluding carboxylic acids is 1. The molecule has 6 nitrogen and oxygen atoms in total. The first-order valence-electron chi connectivity index (χ1n) is 10.0. The topological polar surface area (TPSA) is 57.8 Å². The highest BCUT2D eigenvalue weighted by Gasteiger charge is 2.23. The van der Waals surface area contributed by atoms with Crippen LogP contribution >= 0.6 is 0 Å². The number of piperazine rings is 1. The summed E-state index contributed by atoms with van der Waals surface area (Å²) in [6, 6.07) is 15.7. The summed E-state index contributed by atoms with van der Waals surface area (Å²) in [7, 11) is 1.65. The third kappa shape index (κ3) is 4.38. The number of ether oxygens (including phenoxy) is 2. The summed E-state index contributed by atoms with van der Waals surface area (Å²) in [4.78, 5) is 20.4. The number of hydrogen-bond donors (Lipinski definition) is 1. The number of aromatic nitrogens is 1. The fraction of sp³-hybridized carbons (Fsp3) is 0.348. The van der Waals surface area contributed by atoms with E-state index < -0.39 is 0 Å². The zero-order valence-corrected chi connectivity index (χ0v) is 17.0. The number of fused-ring (bicyclic) bond motifs is 1. The van der Waals surface area contributed by atoms with E-state index in [0.717, 1.165) is 55.1 Å². The van der Waals surface area contributed by atoms with E-state index in [2.05, 4.69) is 22.9 Å². The molecule has 3 aromatic rings. The van der Waals surface area contributed by atoms with Crippen LogP contribution in [0.1, 0.15) is 16.1 Å². The Kier molecular flexibility index (Phi) is 5.71. The minimum absolute atomic E-state index is 0.0767. The zero-order chi connectivity index (χ0) is 20.2. The van der Waals surface area contributed by atoms with Gasteiger partial charge in [0.15, 0.2) is 0 Å². The molecule has 1 amide bonds. The van der Waals surface area contributed by atoms with Gasteiger partial charge in [-0.25, -0.2) is 0 Å². The number of rotatable bonds is 6. The number of aromatic amines is 1. The summed E-state index contributed by atoms with van der Waals surface area (Å²) in [5, 5.41) is 1.11. The summed E-state index contributed by atoms with van der Waals surface area (Å²) in [6.45, 7) is 6.68. The maximum Gasteiger partial charge on any atom is 0.270 e. The lowest BCUT2D eigenvalue weighted by atomic mass is 10.1. The van der Waals surface area contributed by atoms with Gasteiger partial charge in [-0.1, -0.05) is 18.2 Å². The van der Waals surface area contributed by atoms with E-state index in [1.54, 1.807) is 7.11 Å². The van der Waals surface area contributed by atoms with Crippen LogP contribution in [0.3, 0.4) is 0 Å². The van der Waals surface area contributed by atoms with Crippen LogP contribution in [0.5, 0.6) is 11.5 Å². The number of benzene rings is 2. The first-order valence-corrected chi connectivity index (χ1v) is 10.0. The van der Waals surface area contributed by atoms with Crippen molar-refractivity contribution >= 4 is 16.8 Å². The third-order valence-electron chi connectivity index (χ3n) is 5.49. The minimum Gasteiger partial charge on any atom is -0.497 e. The molecule has 0 bridgehead atoms. The molecule has 0 atom stereocenters. The smallest absolute Gasteiger partial charge is 0.270 e. The second kappa shape index (κ2) is 8.57. The Balaban J connectivity index is 1.27. The predicted octanol–water partition coefficient (Wildman–Crippen LogP) is 3.32. The maximum absolute atomic E-state index is 12.9. The molecule has 29 heavy (non-hydrogen) atoms. The molecule has 152 valence electrons. The van der Waals surface area contributed by atoms with Crippen LogP contribution in [0.2, 0.25) is 0 Å². The van der Waals surface area contributed by atoms with Gasteiger partial charge >= 0.3 is 0 Å². The van der Waals surface area contributed by atoms with E-state index in [-0.39, 0.29) is 5.91 Å². The van der Waals surface area contributed by atoms with Gasteiger partial charge in [0.05, 0.1) is 7.11 Å². The van der Waals surface area contributed by atoms with Gasteiger partial charge in [-0.3, -0.25) is 9.69 Å². The molecule has 1 saturated heterocycles. The highest BCUT2D eigenvalue weighted by Crippen LogP contribution is 2.21. The molecule has 2 heterocycles. The minimum atomic E-state index is 0.0767. The quantitative estimate of drug-likeness (QED) is 0.698. The molecule has 0 unspecified atom stereocenters. The van der Waals surface area contributed by atoms with Crippen LogP contribution in [0.4, 0.5) is 0 Å². The SMILES string of the molecule is COc1cccc(OCCN2CCN(C(=O)c3cc4c(C)cccc4[nH]3)CC2)c1. The van der Waals surface area contributed by atoms with E-state index in [1.807, 2.05) is 47.4 Å². The lowest BCUT2D eigenvalue weighted by Crippen LogP contribution is -2.49. The van der Waals surface area contributed by atoms with Crippen molar-refractivity contribution in [3.63, 3.8) is 0 Å². The third-order valence-corrected chi connectivity index (χ3v) is 5.49. The van der Waals surface area contributed by atoms with Crippen LogP contribution in [-0.4, -0.2) is 67.1 Å². The lowest BCUT2D eigenvalue weighted by Gasteiger charge is -2.34. The Morgan fingerprint density at radius 1 is 1.03 bits per heavy atom. The second-order valence-corrected chi connectivity index (χ2v) is 7.38. The number of methoxy groups -OCH3 is 1. The molecule has 1 N–H and O–H groups in total. The number of nitrogens with zero attached hydrogens (tertiary/aromatic N) is 2. The predicted molar refractivity (Wildman–Crippen MR) is 114 cm³/mol. The van der Waals surface area contributed by atoms with Crippen LogP contribution in [0.25, 0.3) is 10.9 Å². The number of H-pyrrole nitrogens is 1. The molecule has 1 aromatic heterocycles. The monoisotopic (exact) mass is 393 g/mol. The van der Waals surface area contributed by atoms with Gasteiger partial charge in [-0.05, 0) is 36.8 Å². The Hall–Kier alpha value is -2.99. The first-order chi connectivity index (χ1) is 14.1. The van der Waals surface area contributed by atoms with Crippen molar-refractivity contribution in [1.82, 2.24) is 14.8 Å². The van der Waals surface area contributed by atoms with Crippen LogP contribution < -0.4 is 9.47 Å². The van der Waals surface area contributed by atoms with Crippen LogP contribution in [-0.2, 0) is 0 Å². The Bertz CT molecular complexity index is 990. The van der Waals surface area contributed by atoms with Crippen LogP contribution in [0.15, 0.2) is 48.5 Å².